The fraction of sp³-hybridized carbons (Fsp3) is 0.522. The van der Waals surface area contributed by atoms with Gasteiger partial charge in [-0.3, -0.25) is 4.79 Å². The Balaban J connectivity index is 1.73. The number of amides is 1. The number of rotatable bonds is 8. The lowest BCUT2D eigenvalue weighted by Crippen LogP contribution is -2.46. The van der Waals surface area contributed by atoms with E-state index in [2.05, 4.69) is 34.7 Å². The third-order valence-corrected chi connectivity index (χ3v) is 5.52. The molecule has 0 unspecified atom stereocenters. The standard InChI is InChI=1S/C23H32FN3O/c1-18(2)25-15-23(28)27(21-7-4-3-5-8-21)17-22-9-6-14-26(22)16-19-10-12-20(24)13-11-19/h6,9-14,18,21,25H,3-5,7-8,15-17H2,1-2H3. The van der Waals surface area contributed by atoms with Gasteiger partial charge in [0, 0.05) is 30.5 Å². The van der Waals surface area contributed by atoms with Crippen molar-refractivity contribution in [1.29, 1.82) is 0 Å². The zero-order chi connectivity index (χ0) is 19.9. The van der Waals surface area contributed by atoms with E-state index in [1.807, 2.05) is 24.4 Å². The molecule has 0 saturated heterocycles. The minimum absolute atomic E-state index is 0.176. The Labute approximate surface area is 167 Å². The van der Waals surface area contributed by atoms with Crippen molar-refractivity contribution in [3.8, 4) is 0 Å². The van der Waals surface area contributed by atoms with E-state index in [-0.39, 0.29) is 11.7 Å². The number of halogens is 1. The number of nitrogens with one attached hydrogen (secondary N) is 1. The van der Waals surface area contributed by atoms with Crippen molar-refractivity contribution >= 4 is 5.91 Å². The maximum Gasteiger partial charge on any atom is 0.237 e. The summed E-state index contributed by atoms with van der Waals surface area (Å²) in [7, 11) is 0. The molecule has 152 valence electrons. The highest BCUT2D eigenvalue weighted by Crippen LogP contribution is 2.24. The van der Waals surface area contributed by atoms with E-state index in [0.29, 0.717) is 31.7 Å². The number of carbonyl (C=O) groups is 1. The summed E-state index contributed by atoms with van der Waals surface area (Å²) in [6.07, 6.45) is 7.88. The van der Waals surface area contributed by atoms with E-state index in [9.17, 15) is 9.18 Å². The smallest absolute Gasteiger partial charge is 0.237 e. The Morgan fingerprint density at radius 1 is 1.18 bits per heavy atom. The topological polar surface area (TPSA) is 37.3 Å². The molecule has 0 atom stereocenters. The van der Waals surface area contributed by atoms with Gasteiger partial charge in [0.25, 0.3) is 0 Å². The second-order valence-electron chi connectivity index (χ2n) is 8.10. The van der Waals surface area contributed by atoms with Crippen LogP contribution in [0, 0.1) is 5.82 Å². The number of carbonyl (C=O) groups excluding carboxylic acids is 1. The maximum atomic E-state index is 13.2. The van der Waals surface area contributed by atoms with Crippen molar-refractivity contribution in [3.05, 3.63) is 59.7 Å². The molecule has 4 nitrogen and oxygen atoms in total. The Hall–Kier alpha value is -2.14. The largest absolute Gasteiger partial charge is 0.345 e. The van der Waals surface area contributed by atoms with Crippen LogP contribution in [-0.4, -0.2) is 34.0 Å². The summed E-state index contributed by atoms with van der Waals surface area (Å²) in [4.78, 5) is 15.1. The molecule has 1 aromatic carbocycles. The highest BCUT2D eigenvalue weighted by atomic mass is 19.1. The summed E-state index contributed by atoms with van der Waals surface area (Å²) in [6.45, 7) is 5.81. The number of nitrogens with zero attached hydrogens (tertiary/aromatic N) is 2. The van der Waals surface area contributed by atoms with Crippen molar-refractivity contribution in [2.75, 3.05) is 6.54 Å². The van der Waals surface area contributed by atoms with E-state index >= 15 is 0 Å². The Morgan fingerprint density at radius 3 is 2.57 bits per heavy atom. The van der Waals surface area contributed by atoms with E-state index in [0.717, 1.165) is 24.1 Å². The minimum Gasteiger partial charge on any atom is -0.345 e. The van der Waals surface area contributed by atoms with Crippen molar-refractivity contribution in [3.63, 3.8) is 0 Å². The number of hydrogen-bond donors (Lipinski definition) is 1. The summed E-state index contributed by atoms with van der Waals surface area (Å²) in [5, 5.41) is 3.27. The van der Waals surface area contributed by atoms with Gasteiger partial charge >= 0.3 is 0 Å². The number of hydrogen-bond acceptors (Lipinski definition) is 2. The third kappa shape index (κ3) is 5.68. The van der Waals surface area contributed by atoms with Gasteiger partial charge < -0.3 is 14.8 Å². The molecule has 28 heavy (non-hydrogen) atoms. The molecular formula is C23H32FN3O. The highest BCUT2D eigenvalue weighted by Gasteiger charge is 2.26. The normalized spacial score (nSPS) is 15.1. The van der Waals surface area contributed by atoms with Crippen LogP contribution in [-0.2, 0) is 17.9 Å². The fourth-order valence-corrected chi connectivity index (χ4v) is 3.91. The Bertz CT molecular complexity index is 747. The quantitative estimate of drug-likeness (QED) is 0.734. The molecule has 1 aliphatic carbocycles. The summed E-state index contributed by atoms with van der Waals surface area (Å²) in [6, 6.07) is 11.3. The van der Waals surface area contributed by atoms with Crippen LogP contribution >= 0.6 is 0 Å². The van der Waals surface area contributed by atoms with Crippen LogP contribution in [0.3, 0.4) is 0 Å². The van der Waals surface area contributed by atoms with Gasteiger partial charge in [0.05, 0.1) is 13.1 Å². The zero-order valence-corrected chi connectivity index (χ0v) is 17.0. The van der Waals surface area contributed by atoms with Crippen LogP contribution in [0.5, 0.6) is 0 Å². The molecule has 5 heteroatoms. The van der Waals surface area contributed by atoms with Crippen LogP contribution < -0.4 is 5.32 Å². The molecule has 3 rings (SSSR count). The molecule has 1 heterocycles. The van der Waals surface area contributed by atoms with Crippen molar-refractivity contribution in [2.45, 2.75) is 71.1 Å². The van der Waals surface area contributed by atoms with Crippen LogP contribution in [0.15, 0.2) is 42.6 Å². The minimum atomic E-state index is -0.219. The Morgan fingerprint density at radius 2 is 1.89 bits per heavy atom. The predicted molar refractivity (Wildman–Crippen MR) is 110 cm³/mol. The fourth-order valence-electron chi connectivity index (χ4n) is 3.91. The summed E-state index contributed by atoms with van der Waals surface area (Å²) >= 11 is 0. The number of benzene rings is 1. The van der Waals surface area contributed by atoms with Crippen molar-refractivity contribution < 1.29 is 9.18 Å². The third-order valence-electron chi connectivity index (χ3n) is 5.52. The molecule has 1 amide bonds. The lowest BCUT2D eigenvalue weighted by atomic mass is 9.94. The lowest BCUT2D eigenvalue weighted by molar-refractivity contribution is -0.134. The second-order valence-corrected chi connectivity index (χ2v) is 8.10. The van der Waals surface area contributed by atoms with Gasteiger partial charge in [-0.1, -0.05) is 45.2 Å². The number of aromatic nitrogens is 1. The van der Waals surface area contributed by atoms with Crippen LogP contribution in [0.1, 0.15) is 57.2 Å². The van der Waals surface area contributed by atoms with Gasteiger partial charge in [0.15, 0.2) is 0 Å². The van der Waals surface area contributed by atoms with Crippen molar-refractivity contribution in [2.24, 2.45) is 0 Å². The first kappa shape index (κ1) is 20.6. The van der Waals surface area contributed by atoms with Gasteiger partial charge in [-0.15, -0.1) is 0 Å². The molecular weight excluding hydrogens is 353 g/mol. The van der Waals surface area contributed by atoms with E-state index in [1.165, 1.54) is 31.4 Å². The van der Waals surface area contributed by atoms with Crippen LogP contribution in [0.2, 0.25) is 0 Å². The molecule has 0 aliphatic heterocycles. The van der Waals surface area contributed by atoms with Gasteiger partial charge in [0.2, 0.25) is 5.91 Å². The monoisotopic (exact) mass is 385 g/mol. The van der Waals surface area contributed by atoms with Gasteiger partial charge in [-0.05, 0) is 42.7 Å². The average molecular weight is 386 g/mol. The molecule has 0 radical (unpaired) electrons. The van der Waals surface area contributed by atoms with E-state index in [4.69, 9.17) is 0 Å². The first-order chi connectivity index (χ1) is 13.5. The van der Waals surface area contributed by atoms with Crippen LogP contribution in [0.4, 0.5) is 4.39 Å². The van der Waals surface area contributed by atoms with Gasteiger partial charge in [-0.2, -0.15) is 0 Å². The lowest BCUT2D eigenvalue weighted by Gasteiger charge is -2.35. The zero-order valence-electron chi connectivity index (χ0n) is 17.0. The molecule has 1 aromatic heterocycles. The first-order valence-corrected chi connectivity index (χ1v) is 10.4. The summed E-state index contributed by atoms with van der Waals surface area (Å²) in [5.74, 6) is -0.0432. The molecule has 2 aromatic rings. The SMILES string of the molecule is CC(C)NCC(=O)N(Cc1cccn1Cc1ccc(F)cc1)C1CCCCC1. The molecule has 0 bridgehead atoms. The average Bonchev–Trinajstić information content (AvgIpc) is 3.13. The first-order valence-electron chi connectivity index (χ1n) is 10.4. The molecule has 0 spiro atoms. The van der Waals surface area contributed by atoms with Gasteiger partial charge in [-0.25, -0.2) is 4.39 Å². The van der Waals surface area contributed by atoms with Gasteiger partial charge in [0.1, 0.15) is 5.82 Å². The second kappa shape index (κ2) is 9.87. The molecule has 1 N–H and O–H groups in total. The van der Waals surface area contributed by atoms with E-state index in [1.54, 1.807) is 0 Å². The van der Waals surface area contributed by atoms with E-state index < -0.39 is 0 Å². The predicted octanol–water partition coefficient (Wildman–Crippen LogP) is 4.33. The molecule has 1 saturated carbocycles. The molecule has 1 aliphatic rings. The summed E-state index contributed by atoms with van der Waals surface area (Å²) in [5.41, 5.74) is 2.17. The summed E-state index contributed by atoms with van der Waals surface area (Å²) < 4.78 is 15.3. The highest BCUT2D eigenvalue weighted by molar-refractivity contribution is 5.78. The van der Waals surface area contributed by atoms with Crippen LogP contribution in [0.25, 0.3) is 0 Å². The molecule has 1 fully saturated rings. The maximum absolute atomic E-state index is 13.2. The Kier molecular flexibility index (Phi) is 7.26. The van der Waals surface area contributed by atoms with Crippen molar-refractivity contribution in [1.82, 2.24) is 14.8 Å².